The summed E-state index contributed by atoms with van der Waals surface area (Å²) < 4.78 is 0. The Kier molecular flexibility index (Phi) is 9.35. The predicted octanol–water partition coefficient (Wildman–Crippen LogP) is 1.03. The van der Waals surface area contributed by atoms with Gasteiger partial charge in [0.15, 0.2) is 0 Å². The van der Waals surface area contributed by atoms with Gasteiger partial charge in [-0.2, -0.15) is 0 Å². The Labute approximate surface area is 88.7 Å². The summed E-state index contributed by atoms with van der Waals surface area (Å²) in [5.74, 6) is 0. The van der Waals surface area contributed by atoms with Gasteiger partial charge < -0.3 is 10.0 Å². The van der Waals surface area contributed by atoms with E-state index in [0.717, 1.165) is 45.7 Å². The van der Waals surface area contributed by atoms with Crippen LogP contribution in [0.4, 0.5) is 0 Å². The normalized spacial score (nSPS) is 11.6. The van der Waals surface area contributed by atoms with Crippen LogP contribution in [0, 0.1) is 0 Å². The zero-order valence-corrected chi connectivity index (χ0v) is 10.00. The lowest BCUT2D eigenvalue weighted by Crippen LogP contribution is -2.36. The highest BCUT2D eigenvalue weighted by atomic mass is 16.3. The first-order valence-electron chi connectivity index (χ1n) is 5.83. The number of hydrogen-bond acceptors (Lipinski definition) is 3. The van der Waals surface area contributed by atoms with Gasteiger partial charge >= 0.3 is 0 Å². The molecule has 86 valence electrons. The molecule has 3 heteroatoms. The summed E-state index contributed by atoms with van der Waals surface area (Å²) in [6, 6.07) is 0. The summed E-state index contributed by atoms with van der Waals surface area (Å²) >= 11 is 0. The zero-order chi connectivity index (χ0) is 10.8. The molecule has 0 radical (unpaired) electrons. The van der Waals surface area contributed by atoms with Crippen LogP contribution in [-0.4, -0.2) is 60.8 Å². The third-order valence-electron chi connectivity index (χ3n) is 2.58. The molecule has 0 amide bonds. The molecule has 0 heterocycles. The molecule has 3 nitrogen and oxygen atoms in total. The van der Waals surface area contributed by atoms with Gasteiger partial charge in [0.1, 0.15) is 0 Å². The van der Waals surface area contributed by atoms with Crippen LogP contribution < -0.4 is 0 Å². The van der Waals surface area contributed by atoms with Gasteiger partial charge in [0, 0.05) is 19.6 Å². The summed E-state index contributed by atoms with van der Waals surface area (Å²) in [6.45, 7) is 13.2. The van der Waals surface area contributed by atoms with Gasteiger partial charge in [0.25, 0.3) is 0 Å². The van der Waals surface area contributed by atoms with Gasteiger partial charge in [0.2, 0.25) is 0 Å². The van der Waals surface area contributed by atoms with E-state index in [1.165, 1.54) is 0 Å². The standard InChI is InChI=1S/C11H26N2O/c1-4-7-13(10-11-14)9-8-12(5-2)6-3/h14H,4-11H2,1-3H3. The molecule has 0 saturated heterocycles. The van der Waals surface area contributed by atoms with E-state index < -0.39 is 0 Å². The Hall–Kier alpha value is -0.120. The molecule has 0 aromatic heterocycles. The van der Waals surface area contributed by atoms with Crippen LogP contribution in [0.2, 0.25) is 0 Å². The third kappa shape index (κ3) is 6.35. The average Bonchev–Trinajstić information content (AvgIpc) is 2.20. The van der Waals surface area contributed by atoms with E-state index in [2.05, 4.69) is 30.6 Å². The molecule has 0 aromatic carbocycles. The van der Waals surface area contributed by atoms with E-state index in [0.29, 0.717) is 0 Å². The van der Waals surface area contributed by atoms with Crippen LogP contribution >= 0.6 is 0 Å². The van der Waals surface area contributed by atoms with Crippen molar-refractivity contribution in [2.75, 3.05) is 45.9 Å². The van der Waals surface area contributed by atoms with Crippen molar-refractivity contribution in [3.05, 3.63) is 0 Å². The number of aliphatic hydroxyl groups excluding tert-OH is 1. The van der Waals surface area contributed by atoms with Gasteiger partial charge in [0.05, 0.1) is 6.61 Å². The molecule has 0 bridgehead atoms. The Morgan fingerprint density at radius 3 is 1.79 bits per heavy atom. The lowest BCUT2D eigenvalue weighted by atomic mass is 10.3. The minimum atomic E-state index is 0.276. The number of rotatable bonds is 9. The summed E-state index contributed by atoms with van der Waals surface area (Å²) in [4.78, 5) is 4.75. The molecule has 0 spiro atoms. The largest absolute Gasteiger partial charge is 0.395 e. The third-order valence-corrected chi connectivity index (χ3v) is 2.58. The Morgan fingerprint density at radius 2 is 1.36 bits per heavy atom. The fraction of sp³-hybridized carbons (Fsp3) is 1.00. The van der Waals surface area contributed by atoms with Gasteiger partial charge in [-0.05, 0) is 26.1 Å². The molecule has 0 aliphatic carbocycles. The van der Waals surface area contributed by atoms with Crippen LogP contribution in [0.5, 0.6) is 0 Å². The van der Waals surface area contributed by atoms with Crippen molar-refractivity contribution in [2.24, 2.45) is 0 Å². The highest BCUT2D eigenvalue weighted by Crippen LogP contribution is 1.93. The minimum Gasteiger partial charge on any atom is -0.395 e. The SMILES string of the molecule is CCCN(CCO)CCN(CC)CC. The van der Waals surface area contributed by atoms with Crippen LogP contribution in [0.15, 0.2) is 0 Å². The Balaban J connectivity index is 3.67. The Bertz CT molecular complexity index is 110. The topological polar surface area (TPSA) is 26.7 Å². The van der Waals surface area contributed by atoms with Gasteiger partial charge in [-0.1, -0.05) is 20.8 Å². The van der Waals surface area contributed by atoms with E-state index in [4.69, 9.17) is 5.11 Å². The maximum Gasteiger partial charge on any atom is 0.0558 e. The molecule has 0 saturated carbocycles. The van der Waals surface area contributed by atoms with E-state index in [1.54, 1.807) is 0 Å². The predicted molar refractivity (Wildman–Crippen MR) is 61.6 cm³/mol. The van der Waals surface area contributed by atoms with Crippen LogP contribution in [-0.2, 0) is 0 Å². The first-order chi connectivity index (χ1) is 6.78. The van der Waals surface area contributed by atoms with E-state index >= 15 is 0 Å². The van der Waals surface area contributed by atoms with Crippen LogP contribution in [0.1, 0.15) is 27.2 Å². The molecule has 0 rings (SSSR count). The minimum absolute atomic E-state index is 0.276. The van der Waals surface area contributed by atoms with Gasteiger partial charge in [-0.25, -0.2) is 0 Å². The highest BCUT2D eigenvalue weighted by molar-refractivity contribution is 4.60. The van der Waals surface area contributed by atoms with Crippen molar-refractivity contribution < 1.29 is 5.11 Å². The molecule has 0 aromatic rings. The summed E-state index contributed by atoms with van der Waals surface area (Å²) in [5, 5.41) is 8.89. The van der Waals surface area contributed by atoms with Gasteiger partial charge in [-0.3, -0.25) is 4.90 Å². The van der Waals surface area contributed by atoms with Gasteiger partial charge in [-0.15, -0.1) is 0 Å². The molecule has 0 aliphatic rings. The molecule has 0 atom stereocenters. The number of hydrogen-bond donors (Lipinski definition) is 1. The smallest absolute Gasteiger partial charge is 0.0558 e. The van der Waals surface area contributed by atoms with Crippen molar-refractivity contribution in [1.82, 2.24) is 9.80 Å². The van der Waals surface area contributed by atoms with Crippen molar-refractivity contribution in [3.8, 4) is 0 Å². The second-order valence-electron chi connectivity index (χ2n) is 3.59. The van der Waals surface area contributed by atoms with E-state index in [-0.39, 0.29) is 6.61 Å². The fourth-order valence-corrected chi connectivity index (χ4v) is 1.62. The maximum absolute atomic E-state index is 8.89. The van der Waals surface area contributed by atoms with Crippen molar-refractivity contribution in [2.45, 2.75) is 27.2 Å². The van der Waals surface area contributed by atoms with Crippen molar-refractivity contribution in [3.63, 3.8) is 0 Å². The number of nitrogens with zero attached hydrogens (tertiary/aromatic N) is 2. The average molecular weight is 202 g/mol. The summed E-state index contributed by atoms with van der Waals surface area (Å²) in [5.41, 5.74) is 0. The molecule has 0 fully saturated rings. The fourth-order valence-electron chi connectivity index (χ4n) is 1.62. The highest BCUT2D eigenvalue weighted by Gasteiger charge is 2.05. The molecular formula is C11H26N2O. The second-order valence-corrected chi connectivity index (χ2v) is 3.59. The van der Waals surface area contributed by atoms with Crippen molar-refractivity contribution >= 4 is 0 Å². The van der Waals surface area contributed by atoms with E-state index in [9.17, 15) is 0 Å². The molecule has 14 heavy (non-hydrogen) atoms. The van der Waals surface area contributed by atoms with Crippen molar-refractivity contribution in [1.29, 1.82) is 0 Å². The molecule has 0 aliphatic heterocycles. The van der Waals surface area contributed by atoms with E-state index in [1.807, 2.05) is 0 Å². The first-order valence-corrected chi connectivity index (χ1v) is 5.83. The monoisotopic (exact) mass is 202 g/mol. The second kappa shape index (κ2) is 9.44. The quantitative estimate of drug-likeness (QED) is 0.605. The van der Waals surface area contributed by atoms with Crippen LogP contribution in [0.25, 0.3) is 0 Å². The zero-order valence-electron chi connectivity index (χ0n) is 10.00. The lowest BCUT2D eigenvalue weighted by molar-refractivity contribution is 0.173. The molecule has 1 N–H and O–H groups in total. The molecular weight excluding hydrogens is 176 g/mol. The maximum atomic E-state index is 8.89. The first kappa shape index (κ1) is 13.9. The lowest BCUT2D eigenvalue weighted by Gasteiger charge is -2.25. The Morgan fingerprint density at radius 1 is 0.786 bits per heavy atom. The molecule has 0 unspecified atom stereocenters. The number of likely N-dealkylation sites (N-methyl/N-ethyl adjacent to an activating group) is 1. The number of aliphatic hydroxyl groups is 1. The summed E-state index contributed by atoms with van der Waals surface area (Å²) in [7, 11) is 0. The summed E-state index contributed by atoms with van der Waals surface area (Å²) in [6.07, 6.45) is 1.16. The van der Waals surface area contributed by atoms with Crippen LogP contribution in [0.3, 0.4) is 0 Å².